The van der Waals surface area contributed by atoms with Crippen LogP contribution in [0.25, 0.3) is 0 Å². The Bertz CT molecular complexity index is 960. The van der Waals surface area contributed by atoms with E-state index in [9.17, 15) is 13.2 Å². The fraction of sp³-hybridized carbons (Fsp3) is 0.652. The molecule has 1 unspecified atom stereocenters. The van der Waals surface area contributed by atoms with E-state index in [1.807, 2.05) is 7.05 Å². The summed E-state index contributed by atoms with van der Waals surface area (Å²) in [5.74, 6) is 2.29. The maximum Gasteiger partial charge on any atom is 0.416 e. The third kappa shape index (κ3) is 4.88. The quantitative estimate of drug-likeness (QED) is 0.440. The Hall–Kier alpha value is -1.78. The standard InChI is InChI=1S/C23H30F3N5OS/c1-29-20(31-10-12-32-13-11-31)27-28-21(29)33-14-2-8-30-9-7-22(16-30)15-19(22)17-3-5-18(6-4-17)23(24,25)26/h3-6,19H,2,7-16H2,1H3/t19-,22?/m0/s1. The second-order valence-electron chi connectivity index (χ2n) is 9.41. The first-order valence-corrected chi connectivity index (χ1v) is 12.6. The van der Waals surface area contributed by atoms with Gasteiger partial charge >= 0.3 is 6.18 Å². The minimum absolute atomic E-state index is 0.267. The van der Waals surface area contributed by atoms with Crippen LogP contribution in [0, 0.1) is 5.41 Å². The van der Waals surface area contributed by atoms with Crippen LogP contribution in [-0.2, 0) is 18.0 Å². The van der Waals surface area contributed by atoms with Crippen molar-refractivity contribution in [1.29, 1.82) is 0 Å². The van der Waals surface area contributed by atoms with Gasteiger partial charge in [0.2, 0.25) is 5.95 Å². The van der Waals surface area contributed by atoms with Crippen LogP contribution in [0.4, 0.5) is 19.1 Å². The Labute approximate surface area is 196 Å². The van der Waals surface area contributed by atoms with Gasteiger partial charge in [0.15, 0.2) is 5.16 Å². The predicted octanol–water partition coefficient (Wildman–Crippen LogP) is 4.03. The van der Waals surface area contributed by atoms with Gasteiger partial charge in [-0.15, -0.1) is 10.2 Å². The molecule has 180 valence electrons. The molecule has 1 aromatic carbocycles. The van der Waals surface area contributed by atoms with Crippen molar-refractivity contribution >= 4 is 17.7 Å². The van der Waals surface area contributed by atoms with E-state index in [4.69, 9.17) is 4.74 Å². The largest absolute Gasteiger partial charge is 0.416 e. The number of benzene rings is 1. The molecule has 1 spiro atoms. The number of hydrogen-bond acceptors (Lipinski definition) is 6. The molecule has 3 heterocycles. The number of ether oxygens (including phenoxy) is 1. The summed E-state index contributed by atoms with van der Waals surface area (Å²) in [5, 5.41) is 9.68. The molecule has 0 amide bonds. The van der Waals surface area contributed by atoms with E-state index in [0.717, 1.165) is 87.6 Å². The third-order valence-corrected chi connectivity index (χ3v) is 8.36. The van der Waals surface area contributed by atoms with Gasteiger partial charge in [0, 0.05) is 32.4 Å². The Kier molecular flexibility index (Phi) is 6.35. The number of alkyl halides is 3. The molecule has 2 aliphatic heterocycles. The van der Waals surface area contributed by atoms with E-state index in [2.05, 4.69) is 24.6 Å². The lowest BCUT2D eigenvalue weighted by atomic mass is 9.97. The van der Waals surface area contributed by atoms with Crippen molar-refractivity contribution in [2.75, 3.05) is 56.6 Å². The average Bonchev–Trinajstić information content (AvgIpc) is 3.15. The van der Waals surface area contributed by atoms with E-state index in [1.54, 1.807) is 23.9 Å². The number of rotatable bonds is 7. The van der Waals surface area contributed by atoms with Crippen LogP contribution in [0.5, 0.6) is 0 Å². The van der Waals surface area contributed by atoms with Gasteiger partial charge in [-0.3, -0.25) is 4.57 Å². The topological polar surface area (TPSA) is 46.4 Å². The summed E-state index contributed by atoms with van der Waals surface area (Å²) in [6, 6.07) is 5.80. The van der Waals surface area contributed by atoms with E-state index < -0.39 is 11.7 Å². The second-order valence-corrected chi connectivity index (χ2v) is 10.5. The lowest BCUT2D eigenvalue weighted by Crippen LogP contribution is -2.37. The Morgan fingerprint density at radius 2 is 1.88 bits per heavy atom. The van der Waals surface area contributed by atoms with Gasteiger partial charge in [-0.2, -0.15) is 13.2 Å². The Morgan fingerprint density at radius 1 is 1.12 bits per heavy atom. The molecule has 2 atom stereocenters. The molecule has 6 nitrogen and oxygen atoms in total. The van der Waals surface area contributed by atoms with Crippen LogP contribution in [0.3, 0.4) is 0 Å². The van der Waals surface area contributed by atoms with E-state index in [-0.39, 0.29) is 5.41 Å². The Morgan fingerprint density at radius 3 is 2.61 bits per heavy atom. The van der Waals surface area contributed by atoms with Crippen molar-refractivity contribution in [3.8, 4) is 0 Å². The van der Waals surface area contributed by atoms with Crippen molar-refractivity contribution < 1.29 is 17.9 Å². The molecule has 10 heteroatoms. The lowest BCUT2D eigenvalue weighted by molar-refractivity contribution is -0.137. The maximum atomic E-state index is 12.8. The summed E-state index contributed by atoms with van der Waals surface area (Å²) >= 11 is 1.74. The minimum Gasteiger partial charge on any atom is -0.378 e. The molecule has 2 aromatic rings. The van der Waals surface area contributed by atoms with Crippen molar-refractivity contribution in [2.24, 2.45) is 12.5 Å². The molecule has 0 radical (unpaired) electrons. The number of thioether (sulfide) groups is 1. The number of halogens is 3. The van der Waals surface area contributed by atoms with Gasteiger partial charge in [-0.05, 0) is 61.4 Å². The molecule has 0 N–H and O–H groups in total. The summed E-state index contributed by atoms with van der Waals surface area (Å²) in [6.45, 7) is 6.32. The van der Waals surface area contributed by atoms with Gasteiger partial charge in [-0.1, -0.05) is 23.9 Å². The number of likely N-dealkylation sites (tertiary alicyclic amines) is 1. The fourth-order valence-corrected chi connectivity index (χ4v) is 6.10. The van der Waals surface area contributed by atoms with Gasteiger partial charge in [0.1, 0.15) is 0 Å². The zero-order valence-corrected chi connectivity index (χ0v) is 19.7. The zero-order chi connectivity index (χ0) is 23.1. The van der Waals surface area contributed by atoms with Crippen molar-refractivity contribution in [2.45, 2.75) is 36.5 Å². The Balaban J connectivity index is 1.06. The fourth-order valence-electron chi connectivity index (χ4n) is 5.27. The number of hydrogen-bond donors (Lipinski definition) is 0. The lowest BCUT2D eigenvalue weighted by Gasteiger charge is -2.27. The first kappa shape index (κ1) is 23.0. The summed E-state index contributed by atoms with van der Waals surface area (Å²) in [5.41, 5.74) is 0.758. The predicted molar refractivity (Wildman–Crippen MR) is 122 cm³/mol. The van der Waals surface area contributed by atoms with Crippen LogP contribution in [0.1, 0.15) is 36.3 Å². The zero-order valence-electron chi connectivity index (χ0n) is 18.9. The summed E-state index contributed by atoms with van der Waals surface area (Å²) in [7, 11) is 2.02. The minimum atomic E-state index is -4.27. The highest BCUT2D eigenvalue weighted by atomic mass is 32.2. The summed E-state index contributed by atoms with van der Waals surface area (Å²) in [4.78, 5) is 4.73. The molecule has 1 saturated carbocycles. The van der Waals surface area contributed by atoms with Gasteiger partial charge in [0.25, 0.3) is 0 Å². The molecular formula is C23H30F3N5OS. The van der Waals surface area contributed by atoms with E-state index >= 15 is 0 Å². The smallest absolute Gasteiger partial charge is 0.378 e. The number of aromatic nitrogens is 3. The molecule has 3 fully saturated rings. The molecule has 5 rings (SSSR count). The molecule has 0 bridgehead atoms. The molecule has 2 saturated heterocycles. The monoisotopic (exact) mass is 481 g/mol. The van der Waals surface area contributed by atoms with Crippen molar-refractivity contribution in [3.05, 3.63) is 35.4 Å². The number of morpholine rings is 1. The van der Waals surface area contributed by atoms with Gasteiger partial charge in [0.05, 0.1) is 18.8 Å². The number of anilines is 1. The van der Waals surface area contributed by atoms with Crippen LogP contribution >= 0.6 is 11.8 Å². The van der Waals surface area contributed by atoms with Crippen LogP contribution in [-0.4, -0.2) is 71.4 Å². The molecule has 33 heavy (non-hydrogen) atoms. The normalized spacial score (nSPS) is 25.8. The molecular weight excluding hydrogens is 451 g/mol. The van der Waals surface area contributed by atoms with Crippen LogP contribution in [0.15, 0.2) is 29.4 Å². The number of nitrogens with zero attached hydrogens (tertiary/aromatic N) is 5. The van der Waals surface area contributed by atoms with Crippen LogP contribution in [0.2, 0.25) is 0 Å². The average molecular weight is 482 g/mol. The third-order valence-electron chi connectivity index (χ3n) is 7.25. The second kappa shape index (κ2) is 9.11. The van der Waals surface area contributed by atoms with E-state index in [0.29, 0.717) is 5.92 Å². The highest BCUT2D eigenvalue weighted by molar-refractivity contribution is 7.99. The summed E-state index contributed by atoms with van der Waals surface area (Å²) in [6.07, 6.45) is -0.965. The first-order valence-electron chi connectivity index (χ1n) is 11.6. The SMILES string of the molecule is Cn1c(SCCCN2CCC3(C[C@H]3c3ccc(C(F)(F)F)cc3)C2)nnc1N1CCOCC1. The van der Waals surface area contributed by atoms with Crippen molar-refractivity contribution in [1.82, 2.24) is 19.7 Å². The van der Waals surface area contributed by atoms with Gasteiger partial charge < -0.3 is 14.5 Å². The van der Waals surface area contributed by atoms with E-state index in [1.165, 1.54) is 12.1 Å². The first-order chi connectivity index (χ1) is 15.9. The highest BCUT2D eigenvalue weighted by Gasteiger charge is 2.57. The van der Waals surface area contributed by atoms with Crippen LogP contribution < -0.4 is 4.90 Å². The highest BCUT2D eigenvalue weighted by Crippen LogP contribution is 2.64. The van der Waals surface area contributed by atoms with Crippen molar-refractivity contribution in [3.63, 3.8) is 0 Å². The molecule has 3 aliphatic rings. The molecule has 1 aliphatic carbocycles. The van der Waals surface area contributed by atoms with Gasteiger partial charge in [-0.25, -0.2) is 0 Å². The molecule has 1 aromatic heterocycles. The maximum absolute atomic E-state index is 12.8. The summed E-state index contributed by atoms with van der Waals surface area (Å²) < 4.78 is 46.0.